The van der Waals surface area contributed by atoms with E-state index in [1.54, 1.807) is 19.1 Å². The number of pyridine rings is 1. The predicted octanol–water partition coefficient (Wildman–Crippen LogP) is 3.71. The smallest absolute Gasteiger partial charge is 0.262 e. The van der Waals surface area contributed by atoms with E-state index in [1.165, 1.54) is 18.3 Å². The minimum Gasteiger partial charge on any atom is -0.508 e. The molecule has 0 saturated heterocycles. The molecule has 0 unspecified atom stereocenters. The van der Waals surface area contributed by atoms with Crippen LogP contribution in [-0.2, 0) is 0 Å². The normalized spacial score (nSPS) is 13.5. The highest BCUT2D eigenvalue weighted by atomic mass is 16.3. The van der Waals surface area contributed by atoms with Crippen LogP contribution in [0.25, 0.3) is 11.1 Å². The zero-order valence-corrected chi connectivity index (χ0v) is 14.2. The van der Waals surface area contributed by atoms with Gasteiger partial charge in [-0.1, -0.05) is 39.3 Å². The molecule has 0 amide bonds. The van der Waals surface area contributed by atoms with E-state index < -0.39 is 5.56 Å². The summed E-state index contributed by atoms with van der Waals surface area (Å²) in [5.74, 6) is -0.547. The molecule has 1 aromatic carbocycles. The van der Waals surface area contributed by atoms with Gasteiger partial charge in [-0.2, -0.15) is 0 Å². The van der Waals surface area contributed by atoms with Crippen molar-refractivity contribution in [3.63, 3.8) is 0 Å². The molecule has 0 saturated carbocycles. The molecule has 0 bridgehead atoms. The summed E-state index contributed by atoms with van der Waals surface area (Å²) in [6.45, 7) is 5.89. The summed E-state index contributed by atoms with van der Waals surface area (Å²) in [4.78, 5) is 27.3. The zero-order valence-electron chi connectivity index (χ0n) is 14.2. The van der Waals surface area contributed by atoms with E-state index in [-0.39, 0.29) is 28.8 Å². The van der Waals surface area contributed by atoms with Gasteiger partial charge < -0.3 is 15.2 Å². The second-order valence-corrected chi connectivity index (χ2v) is 6.32. The first-order valence-corrected chi connectivity index (χ1v) is 8.13. The van der Waals surface area contributed by atoms with Crippen LogP contribution in [0.4, 0.5) is 0 Å². The Morgan fingerprint density at radius 1 is 1.17 bits per heavy atom. The third kappa shape index (κ3) is 3.67. The van der Waals surface area contributed by atoms with Gasteiger partial charge in [0.1, 0.15) is 17.1 Å². The molecule has 0 spiro atoms. The van der Waals surface area contributed by atoms with Crippen LogP contribution in [0.3, 0.4) is 0 Å². The van der Waals surface area contributed by atoms with E-state index in [1.807, 2.05) is 0 Å². The maximum atomic E-state index is 12.7. The third-order valence-corrected chi connectivity index (χ3v) is 4.39. The van der Waals surface area contributed by atoms with Crippen LogP contribution >= 0.6 is 0 Å². The molecule has 3 N–H and O–H groups in total. The number of H-pyrrole nitrogens is 1. The molecule has 0 aliphatic heterocycles. The lowest BCUT2D eigenvalue weighted by Crippen LogP contribution is -2.23. The maximum absolute atomic E-state index is 12.7. The fourth-order valence-electron chi connectivity index (χ4n) is 2.73. The molecular weight excluding hydrogens is 306 g/mol. The largest absolute Gasteiger partial charge is 0.508 e. The standard InChI is InChI=1S/C19H23NO4/c1-4-11(2)9-12(3)17(22)16-18(23)15(10-20-19(16)24)13-5-7-14(21)8-6-13/h5-8,10-12,21H,4,9H2,1-3H3,(H2,20,23,24)/t11-,12-/m0/s1. The molecule has 0 aliphatic carbocycles. The Morgan fingerprint density at radius 3 is 2.38 bits per heavy atom. The number of ketones is 1. The highest BCUT2D eigenvalue weighted by Gasteiger charge is 2.25. The molecule has 0 radical (unpaired) electrons. The van der Waals surface area contributed by atoms with E-state index >= 15 is 0 Å². The van der Waals surface area contributed by atoms with Gasteiger partial charge in [0.05, 0.1) is 0 Å². The van der Waals surface area contributed by atoms with Crippen molar-refractivity contribution in [2.45, 2.75) is 33.6 Å². The first kappa shape index (κ1) is 17.8. The Kier molecular flexibility index (Phi) is 5.44. The van der Waals surface area contributed by atoms with Crippen LogP contribution < -0.4 is 5.56 Å². The first-order valence-electron chi connectivity index (χ1n) is 8.13. The molecule has 0 fully saturated rings. The minimum absolute atomic E-state index is 0.0983. The highest BCUT2D eigenvalue weighted by molar-refractivity contribution is 6.01. The number of benzene rings is 1. The highest BCUT2D eigenvalue weighted by Crippen LogP contribution is 2.32. The number of carbonyl (C=O) groups is 1. The van der Waals surface area contributed by atoms with Crippen LogP contribution in [0.5, 0.6) is 11.5 Å². The summed E-state index contributed by atoms with van der Waals surface area (Å²) < 4.78 is 0. The van der Waals surface area contributed by atoms with Crippen molar-refractivity contribution in [3.8, 4) is 22.6 Å². The number of phenols is 1. The SMILES string of the molecule is CC[C@H](C)C[C@H](C)C(=O)c1c(O)c(-c2ccc(O)cc2)c[nH]c1=O. The molecule has 5 nitrogen and oxygen atoms in total. The second kappa shape index (κ2) is 7.34. The van der Waals surface area contributed by atoms with Gasteiger partial charge in [-0.05, 0) is 30.0 Å². The summed E-state index contributed by atoms with van der Waals surface area (Å²) >= 11 is 0. The number of hydrogen-bond donors (Lipinski definition) is 3. The Morgan fingerprint density at radius 2 is 1.79 bits per heavy atom. The number of rotatable bonds is 6. The van der Waals surface area contributed by atoms with Gasteiger partial charge in [-0.3, -0.25) is 9.59 Å². The van der Waals surface area contributed by atoms with Gasteiger partial charge in [0.25, 0.3) is 5.56 Å². The van der Waals surface area contributed by atoms with Crippen LogP contribution in [-0.4, -0.2) is 21.0 Å². The topological polar surface area (TPSA) is 90.4 Å². The second-order valence-electron chi connectivity index (χ2n) is 6.32. The summed E-state index contributed by atoms with van der Waals surface area (Å²) in [7, 11) is 0. The van der Waals surface area contributed by atoms with Gasteiger partial charge in [-0.25, -0.2) is 0 Å². The summed E-state index contributed by atoms with van der Waals surface area (Å²) in [5.41, 5.74) is 0.172. The summed E-state index contributed by atoms with van der Waals surface area (Å²) in [5, 5.41) is 19.9. The Hall–Kier alpha value is -2.56. The van der Waals surface area contributed by atoms with Crippen molar-refractivity contribution in [1.82, 2.24) is 4.98 Å². The van der Waals surface area contributed by atoms with Crippen molar-refractivity contribution in [3.05, 3.63) is 46.4 Å². The average Bonchev–Trinajstić information content (AvgIpc) is 2.55. The van der Waals surface area contributed by atoms with Gasteiger partial charge in [0.2, 0.25) is 0 Å². The molecular formula is C19H23NO4. The fourth-order valence-corrected chi connectivity index (χ4v) is 2.73. The molecule has 2 aromatic rings. The van der Waals surface area contributed by atoms with E-state index in [9.17, 15) is 19.8 Å². The van der Waals surface area contributed by atoms with Crippen LogP contribution in [0.1, 0.15) is 44.0 Å². The van der Waals surface area contributed by atoms with Crippen molar-refractivity contribution in [2.24, 2.45) is 11.8 Å². The predicted molar refractivity (Wildman–Crippen MR) is 93.4 cm³/mol. The molecule has 5 heteroatoms. The minimum atomic E-state index is -0.587. The van der Waals surface area contributed by atoms with Crippen LogP contribution in [0.2, 0.25) is 0 Å². The van der Waals surface area contributed by atoms with Crippen molar-refractivity contribution < 1.29 is 15.0 Å². The monoisotopic (exact) mass is 329 g/mol. The lowest BCUT2D eigenvalue weighted by Gasteiger charge is -2.16. The number of nitrogens with one attached hydrogen (secondary N) is 1. The van der Waals surface area contributed by atoms with E-state index in [2.05, 4.69) is 18.8 Å². The molecule has 0 aliphatic rings. The lowest BCUT2D eigenvalue weighted by atomic mass is 9.88. The Balaban J connectivity index is 2.44. The molecule has 2 rings (SSSR count). The Labute approximate surface area is 141 Å². The number of aromatic nitrogens is 1. The molecule has 2 atom stereocenters. The molecule has 24 heavy (non-hydrogen) atoms. The quantitative estimate of drug-likeness (QED) is 0.705. The van der Waals surface area contributed by atoms with Gasteiger partial charge in [-0.15, -0.1) is 0 Å². The first-order chi connectivity index (χ1) is 11.3. The lowest BCUT2D eigenvalue weighted by molar-refractivity contribution is 0.0909. The van der Waals surface area contributed by atoms with Crippen molar-refractivity contribution in [2.75, 3.05) is 0 Å². The number of phenolic OH excluding ortho intramolecular Hbond substituents is 1. The van der Waals surface area contributed by atoms with E-state index in [4.69, 9.17) is 0 Å². The molecule has 128 valence electrons. The Bertz CT molecular complexity index is 777. The third-order valence-electron chi connectivity index (χ3n) is 4.39. The van der Waals surface area contributed by atoms with Crippen molar-refractivity contribution >= 4 is 5.78 Å². The summed E-state index contributed by atoms with van der Waals surface area (Å²) in [6, 6.07) is 6.18. The van der Waals surface area contributed by atoms with Crippen molar-refractivity contribution in [1.29, 1.82) is 0 Å². The van der Waals surface area contributed by atoms with Gasteiger partial charge in [0.15, 0.2) is 5.78 Å². The van der Waals surface area contributed by atoms with E-state index in [0.717, 1.165) is 6.42 Å². The van der Waals surface area contributed by atoms with Crippen LogP contribution in [0, 0.1) is 11.8 Å². The number of Topliss-reactive ketones (excluding diaryl/α,β-unsaturated/α-hetero) is 1. The average molecular weight is 329 g/mol. The number of hydrogen-bond acceptors (Lipinski definition) is 4. The van der Waals surface area contributed by atoms with E-state index in [0.29, 0.717) is 23.5 Å². The number of aromatic amines is 1. The van der Waals surface area contributed by atoms with Gasteiger partial charge >= 0.3 is 0 Å². The number of aromatic hydroxyl groups is 2. The molecule has 1 heterocycles. The maximum Gasteiger partial charge on any atom is 0.262 e. The number of carbonyl (C=O) groups excluding carboxylic acids is 1. The fraction of sp³-hybridized carbons (Fsp3) is 0.368. The summed E-state index contributed by atoms with van der Waals surface area (Å²) in [6.07, 6.45) is 2.99. The zero-order chi connectivity index (χ0) is 17.9. The van der Waals surface area contributed by atoms with Gasteiger partial charge in [0, 0.05) is 17.7 Å². The molecule has 1 aromatic heterocycles. The van der Waals surface area contributed by atoms with Crippen LogP contribution in [0.15, 0.2) is 35.3 Å².